The molecule has 7 heteroatoms. The van der Waals surface area contributed by atoms with Gasteiger partial charge < -0.3 is 20.5 Å². The van der Waals surface area contributed by atoms with Crippen molar-refractivity contribution < 1.29 is 14.4 Å². The van der Waals surface area contributed by atoms with Gasteiger partial charge in [0.15, 0.2) is 0 Å². The number of nitrogens with one attached hydrogen (secondary N) is 1. The van der Waals surface area contributed by atoms with Crippen molar-refractivity contribution in [3.63, 3.8) is 0 Å². The molecule has 0 aromatic heterocycles. The van der Waals surface area contributed by atoms with Crippen LogP contribution in [0, 0.1) is 10.1 Å². The first-order valence-electron chi connectivity index (χ1n) is 6.53. The highest BCUT2D eigenvalue weighted by atomic mass is 16.6. The van der Waals surface area contributed by atoms with Crippen molar-refractivity contribution in [2.24, 2.45) is 5.73 Å². The standard InChI is InChI=1S/C13H19N3O4/c1-3-20-12-7-9(14)13(12)15-10-6-8(19-2)4-5-11(10)16(17)18/h4-6,9,12-13,15H,3,7,14H2,1-2H3. The van der Waals surface area contributed by atoms with Crippen LogP contribution in [0.15, 0.2) is 18.2 Å². The molecule has 110 valence electrons. The van der Waals surface area contributed by atoms with E-state index in [0.29, 0.717) is 18.0 Å². The van der Waals surface area contributed by atoms with E-state index in [2.05, 4.69) is 5.32 Å². The van der Waals surface area contributed by atoms with E-state index in [-0.39, 0.29) is 23.9 Å². The molecule has 0 spiro atoms. The number of methoxy groups -OCH3 is 1. The Labute approximate surface area is 117 Å². The summed E-state index contributed by atoms with van der Waals surface area (Å²) in [6.45, 7) is 2.50. The number of ether oxygens (including phenoxy) is 2. The summed E-state index contributed by atoms with van der Waals surface area (Å²) in [6.07, 6.45) is 0.740. The summed E-state index contributed by atoms with van der Waals surface area (Å²) in [6, 6.07) is 4.38. The van der Waals surface area contributed by atoms with E-state index in [4.69, 9.17) is 15.2 Å². The lowest BCUT2D eigenvalue weighted by Crippen LogP contribution is -2.60. The number of hydrogen-bond acceptors (Lipinski definition) is 6. The van der Waals surface area contributed by atoms with Gasteiger partial charge in [-0.05, 0) is 19.4 Å². The van der Waals surface area contributed by atoms with Crippen LogP contribution in [0.5, 0.6) is 5.75 Å². The Bertz CT molecular complexity index is 493. The predicted molar refractivity (Wildman–Crippen MR) is 75.1 cm³/mol. The molecule has 1 saturated carbocycles. The van der Waals surface area contributed by atoms with Crippen LogP contribution in [0.3, 0.4) is 0 Å². The lowest BCUT2D eigenvalue weighted by atomic mass is 9.83. The summed E-state index contributed by atoms with van der Waals surface area (Å²) in [5.74, 6) is 0.555. The third-order valence-electron chi connectivity index (χ3n) is 3.47. The topological polar surface area (TPSA) is 99.7 Å². The summed E-state index contributed by atoms with van der Waals surface area (Å²) < 4.78 is 10.6. The normalized spacial score (nSPS) is 24.9. The average Bonchev–Trinajstić information content (AvgIpc) is 2.44. The summed E-state index contributed by atoms with van der Waals surface area (Å²) in [7, 11) is 1.52. The van der Waals surface area contributed by atoms with Crippen LogP contribution in [-0.4, -0.2) is 36.8 Å². The van der Waals surface area contributed by atoms with Gasteiger partial charge in [0.05, 0.1) is 24.2 Å². The fourth-order valence-corrected chi connectivity index (χ4v) is 2.32. The van der Waals surface area contributed by atoms with Crippen LogP contribution in [0.2, 0.25) is 0 Å². The molecular weight excluding hydrogens is 262 g/mol. The molecule has 1 aliphatic rings. The van der Waals surface area contributed by atoms with Crippen molar-refractivity contribution in [3.8, 4) is 5.75 Å². The Morgan fingerprint density at radius 2 is 2.30 bits per heavy atom. The van der Waals surface area contributed by atoms with Gasteiger partial charge in [-0.15, -0.1) is 0 Å². The predicted octanol–water partition coefficient (Wildman–Crippen LogP) is 1.52. The van der Waals surface area contributed by atoms with E-state index in [1.165, 1.54) is 13.2 Å². The third-order valence-corrected chi connectivity index (χ3v) is 3.47. The minimum absolute atomic E-state index is 0.000137. The van der Waals surface area contributed by atoms with Crippen molar-refractivity contribution >= 4 is 11.4 Å². The molecule has 3 atom stereocenters. The zero-order valence-electron chi connectivity index (χ0n) is 11.5. The summed E-state index contributed by atoms with van der Waals surface area (Å²) in [5.41, 5.74) is 6.35. The maximum Gasteiger partial charge on any atom is 0.292 e. The van der Waals surface area contributed by atoms with Crippen molar-refractivity contribution in [3.05, 3.63) is 28.3 Å². The van der Waals surface area contributed by atoms with Crippen LogP contribution in [0.25, 0.3) is 0 Å². The lowest BCUT2D eigenvalue weighted by molar-refractivity contribution is -0.384. The fourth-order valence-electron chi connectivity index (χ4n) is 2.32. The molecule has 0 saturated heterocycles. The highest BCUT2D eigenvalue weighted by molar-refractivity contribution is 5.65. The zero-order valence-corrected chi connectivity index (χ0v) is 11.5. The van der Waals surface area contributed by atoms with Gasteiger partial charge in [-0.25, -0.2) is 0 Å². The number of nitro groups is 1. The van der Waals surface area contributed by atoms with Crippen molar-refractivity contribution in [2.45, 2.75) is 31.5 Å². The van der Waals surface area contributed by atoms with Crippen LogP contribution >= 0.6 is 0 Å². The van der Waals surface area contributed by atoms with Crippen LogP contribution in [-0.2, 0) is 4.74 Å². The second-order valence-electron chi connectivity index (χ2n) is 4.70. The van der Waals surface area contributed by atoms with E-state index in [1.807, 2.05) is 6.92 Å². The molecular formula is C13H19N3O4. The van der Waals surface area contributed by atoms with E-state index < -0.39 is 4.92 Å². The molecule has 1 aliphatic carbocycles. The van der Waals surface area contributed by atoms with Gasteiger partial charge in [-0.3, -0.25) is 10.1 Å². The first-order chi connectivity index (χ1) is 9.56. The first-order valence-corrected chi connectivity index (χ1v) is 6.53. The Kier molecular flexibility index (Phi) is 4.41. The second kappa shape index (κ2) is 6.06. The molecule has 20 heavy (non-hydrogen) atoms. The highest BCUT2D eigenvalue weighted by Gasteiger charge is 2.40. The first kappa shape index (κ1) is 14.5. The van der Waals surface area contributed by atoms with Gasteiger partial charge in [-0.2, -0.15) is 0 Å². The molecule has 3 N–H and O–H groups in total. The van der Waals surface area contributed by atoms with Gasteiger partial charge in [0.25, 0.3) is 5.69 Å². The van der Waals surface area contributed by atoms with E-state index in [0.717, 1.165) is 6.42 Å². The van der Waals surface area contributed by atoms with Crippen LogP contribution in [0.1, 0.15) is 13.3 Å². The number of hydrogen-bond donors (Lipinski definition) is 2. The number of rotatable bonds is 6. The monoisotopic (exact) mass is 281 g/mol. The minimum atomic E-state index is -0.429. The van der Waals surface area contributed by atoms with Crippen molar-refractivity contribution in [1.82, 2.24) is 0 Å². The van der Waals surface area contributed by atoms with E-state index in [1.54, 1.807) is 12.1 Å². The summed E-state index contributed by atoms with van der Waals surface area (Å²) >= 11 is 0. The number of benzene rings is 1. The maximum atomic E-state index is 11.1. The average molecular weight is 281 g/mol. The SMILES string of the molecule is CCOC1CC(N)C1Nc1cc(OC)ccc1[N+](=O)[O-]. The van der Waals surface area contributed by atoms with E-state index >= 15 is 0 Å². The molecule has 0 amide bonds. The highest BCUT2D eigenvalue weighted by Crippen LogP contribution is 2.33. The summed E-state index contributed by atoms with van der Waals surface area (Å²) in [5, 5.41) is 14.2. The molecule has 2 rings (SSSR count). The lowest BCUT2D eigenvalue weighted by Gasteiger charge is -2.42. The molecule has 1 aromatic rings. The van der Waals surface area contributed by atoms with Crippen LogP contribution < -0.4 is 15.8 Å². The molecule has 0 aliphatic heterocycles. The van der Waals surface area contributed by atoms with E-state index in [9.17, 15) is 10.1 Å². The van der Waals surface area contributed by atoms with Gasteiger partial charge in [-0.1, -0.05) is 0 Å². The molecule has 3 unspecified atom stereocenters. The largest absolute Gasteiger partial charge is 0.497 e. The fraction of sp³-hybridized carbons (Fsp3) is 0.538. The number of anilines is 1. The zero-order chi connectivity index (χ0) is 14.7. The van der Waals surface area contributed by atoms with Gasteiger partial charge in [0.1, 0.15) is 11.4 Å². The van der Waals surface area contributed by atoms with Gasteiger partial charge in [0.2, 0.25) is 0 Å². The molecule has 7 nitrogen and oxygen atoms in total. The van der Waals surface area contributed by atoms with Crippen molar-refractivity contribution in [1.29, 1.82) is 0 Å². The second-order valence-corrected chi connectivity index (χ2v) is 4.70. The molecule has 0 heterocycles. The number of nitrogens with two attached hydrogens (primary N) is 1. The number of nitro benzene ring substituents is 1. The Balaban J connectivity index is 2.20. The minimum Gasteiger partial charge on any atom is -0.497 e. The Morgan fingerprint density at radius 1 is 1.55 bits per heavy atom. The Morgan fingerprint density at radius 3 is 2.85 bits per heavy atom. The molecule has 0 bridgehead atoms. The van der Waals surface area contributed by atoms with Crippen molar-refractivity contribution in [2.75, 3.05) is 19.0 Å². The maximum absolute atomic E-state index is 11.1. The quantitative estimate of drug-likeness (QED) is 0.605. The molecule has 0 radical (unpaired) electrons. The van der Waals surface area contributed by atoms with Gasteiger partial charge >= 0.3 is 0 Å². The Hall–Kier alpha value is -1.86. The van der Waals surface area contributed by atoms with Crippen LogP contribution in [0.4, 0.5) is 11.4 Å². The number of nitrogens with zero attached hydrogens (tertiary/aromatic N) is 1. The van der Waals surface area contributed by atoms with Gasteiger partial charge in [0, 0.05) is 24.8 Å². The summed E-state index contributed by atoms with van der Waals surface area (Å²) in [4.78, 5) is 10.6. The smallest absolute Gasteiger partial charge is 0.292 e. The molecule has 1 aromatic carbocycles. The molecule has 1 fully saturated rings. The third kappa shape index (κ3) is 2.83.